The van der Waals surface area contributed by atoms with Gasteiger partial charge in [-0.3, -0.25) is 4.98 Å². The molecule has 0 aliphatic rings. The Morgan fingerprint density at radius 3 is 1.97 bits per heavy atom. The van der Waals surface area contributed by atoms with Gasteiger partial charge < -0.3 is 18.4 Å². The molecule has 11 aromatic rings. The molecule has 4 aromatic heterocycles. The van der Waals surface area contributed by atoms with Crippen LogP contribution in [0.3, 0.4) is 0 Å². The van der Waals surface area contributed by atoms with Crippen molar-refractivity contribution in [1.29, 1.82) is 0 Å². The van der Waals surface area contributed by atoms with Crippen LogP contribution < -0.4 is 0 Å². The molecule has 1 radical (unpaired) electrons. The molecule has 11 rings (SSSR count). The van der Waals surface area contributed by atoms with Gasteiger partial charge in [0.15, 0.2) is 0 Å². The zero-order chi connectivity index (χ0) is 42.9. The maximum absolute atomic E-state index is 15.1. The van der Waals surface area contributed by atoms with E-state index < -0.39 is 6.85 Å². The van der Waals surface area contributed by atoms with Gasteiger partial charge in [0.1, 0.15) is 22.6 Å². The molecule has 0 aliphatic heterocycles. The van der Waals surface area contributed by atoms with Crippen LogP contribution >= 0.6 is 0 Å². The molecule has 60 heavy (non-hydrogen) atoms. The topological polar surface area (TPSA) is 57.0 Å². The van der Waals surface area contributed by atoms with Crippen molar-refractivity contribution in [3.63, 3.8) is 0 Å². The Bertz CT molecular complexity index is 3450. The average molecular weight is 965 g/mol. The average Bonchev–Trinajstić information content (AvgIpc) is 3.98. The molecule has 0 unspecified atom stereocenters. The number of imidazole rings is 1. The maximum Gasteiger partial charge on any atom is 0.143 e. The van der Waals surface area contributed by atoms with Crippen molar-refractivity contribution in [2.24, 2.45) is 0 Å². The van der Waals surface area contributed by atoms with Crippen LogP contribution in [0.1, 0.15) is 60.3 Å². The van der Waals surface area contributed by atoms with E-state index in [0.717, 1.165) is 93.7 Å². The molecule has 0 N–H and O–H groups in total. The first-order valence-electron chi connectivity index (χ1n) is 21.3. The third-order valence-electron chi connectivity index (χ3n) is 11.1. The summed E-state index contributed by atoms with van der Waals surface area (Å²) in [4.78, 5) is 9.32. The fourth-order valence-electron chi connectivity index (χ4n) is 8.26. The van der Waals surface area contributed by atoms with E-state index >= 15 is 4.39 Å². The number of aromatic nitrogens is 3. The number of furan rings is 2. The summed E-state index contributed by atoms with van der Waals surface area (Å²) in [6, 6.07) is 49.4. The molecule has 0 saturated carbocycles. The molecule has 0 bridgehead atoms. The van der Waals surface area contributed by atoms with E-state index in [1.165, 1.54) is 6.20 Å². The van der Waals surface area contributed by atoms with Crippen molar-refractivity contribution in [3.8, 4) is 28.3 Å². The predicted molar refractivity (Wildman–Crippen MR) is 239 cm³/mol. The number of aryl methyl sites for hydroxylation is 1. The third kappa shape index (κ3) is 6.59. The molecular weight excluding hydrogens is 922 g/mol. The predicted octanol–water partition coefficient (Wildman–Crippen LogP) is 14.7. The monoisotopic (exact) mass is 965 g/mol. The van der Waals surface area contributed by atoms with Gasteiger partial charge in [-0.05, 0) is 89.6 Å². The van der Waals surface area contributed by atoms with E-state index in [-0.39, 0.29) is 43.3 Å². The zero-order valence-corrected chi connectivity index (χ0v) is 35.7. The van der Waals surface area contributed by atoms with Gasteiger partial charge in [-0.1, -0.05) is 87.2 Å². The van der Waals surface area contributed by atoms with Crippen LogP contribution in [0.5, 0.6) is 0 Å². The van der Waals surface area contributed by atoms with Crippen LogP contribution in [0, 0.1) is 24.8 Å². The van der Waals surface area contributed by atoms with Crippen molar-refractivity contribution in [2.75, 3.05) is 0 Å². The van der Waals surface area contributed by atoms with Gasteiger partial charge in [0.2, 0.25) is 0 Å². The molecule has 0 amide bonds. The standard InChI is InChI=1S/C41H30FN2O2.C12H10N.Ir/c1-22(2)32-20-24(42)21-33(23(3)4)37(32)44-35-14-7-6-13-34(35)43-41(44)31-12-9-11-26-28-18-19-29-30(39(28)46-40(26)31)17-16-27-25-10-5-8-15-36(25)45-38(27)29;1-10-7-8-12(13-9-10)11-5-3-2-4-6-11;/h5-11,13-23H,1-4H3;2-5,7-9H,1H3;/q2*-1;/i;1D3;. The summed E-state index contributed by atoms with van der Waals surface area (Å²) in [5, 5.41) is 6.18. The Balaban J connectivity index is 0.000000251. The molecule has 7 heteroatoms. The summed E-state index contributed by atoms with van der Waals surface area (Å²) in [5.74, 6) is 0.665. The van der Waals surface area contributed by atoms with E-state index in [2.05, 4.69) is 91.8 Å². The number of benzene rings is 7. The summed E-state index contributed by atoms with van der Waals surface area (Å²) in [7, 11) is 0. The van der Waals surface area contributed by atoms with E-state index in [4.69, 9.17) is 17.9 Å². The third-order valence-corrected chi connectivity index (χ3v) is 11.1. The minimum absolute atomic E-state index is 0. The Hall–Kier alpha value is -6.40. The zero-order valence-electron chi connectivity index (χ0n) is 36.3. The van der Waals surface area contributed by atoms with Crippen LogP contribution in [0.2, 0.25) is 0 Å². The number of pyridine rings is 1. The second-order valence-electron chi connectivity index (χ2n) is 15.5. The first-order valence-corrected chi connectivity index (χ1v) is 19.8. The number of rotatable bonds is 5. The van der Waals surface area contributed by atoms with Crippen molar-refractivity contribution in [3.05, 3.63) is 174 Å². The van der Waals surface area contributed by atoms with Crippen molar-refractivity contribution in [2.45, 2.75) is 46.4 Å². The molecule has 7 aromatic carbocycles. The molecular formula is C53H40FIrN3O2-2. The first kappa shape index (κ1) is 35.5. The quantitative estimate of drug-likeness (QED) is 0.161. The Kier molecular flexibility index (Phi) is 9.27. The number of nitrogens with zero attached hydrogens (tertiary/aromatic N) is 3. The van der Waals surface area contributed by atoms with Gasteiger partial charge in [-0.25, -0.2) is 4.39 Å². The normalized spacial score (nSPS) is 12.6. The van der Waals surface area contributed by atoms with Crippen molar-refractivity contribution < 1.29 is 37.4 Å². The Morgan fingerprint density at radius 1 is 0.650 bits per heavy atom. The Labute approximate surface area is 365 Å². The summed E-state index contributed by atoms with van der Waals surface area (Å²) < 4.78 is 52.2. The smallest absolute Gasteiger partial charge is 0.143 e. The summed E-state index contributed by atoms with van der Waals surface area (Å²) in [5.41, 5.74) is 10.5. The minimum Gasteiger partial charge on any atom is -0.500 e. The summed E-state index contributed by atoms with van der Waals surface area (Å²) in [6.45, 7) is 6.34. The van der Waals surface area contributed by atoms with E-state index in [9.17, 15) is 0 Å². The second kappa shape index (κ2) is 15.6. The second-order valence-corrected chi connectivity index (χ2v) is 15.5. The number of hydrogen-bond acceptors (Lipinski definition) is 4. The first-order chi connectivity index (χ1) is 30.0. The molecule has 0 aliphatic carbocycles. The fraction of sp³-hybridized carbons (Fsp3) is 0.132. The van der Waals surface area contributed by atoms with Crippen LogP contribution in [0.4, 0.5) is 4.39 Å². The summed E-state index contributed by atoms with van der Waals surface area (Å²) in [6.07, 6.45) is 1.39. The summed E-state index contributed by atoms with van der Waals surface area (Å²) >= 11 is 0. The van der Waals surface area contributed by atoms with Gasteiger partial charge in [0.05, 0.1) is 22.4 Å². The molecule has 4 heterocycles. The molecule has 5 nitrogen and oxygen atoms in total. The van der Waals surface area contributed by atoms with E-state index in [1.54, 1.807) is 30.3 Å². The van der Waals surface area contributed by atoms with Crippen LogP contribution in [0.15, 0.2) is 148 Å². The maximum atomic E-state index is 15.1. The van der Waals surface area contributed by atoms with Gasteiger partial charge in [-0.15, -0.1) is 54.1 Å². The van der Waals surface area contributed by atoms with Gasteiger partial charge in [0, 0.05) is 63.0 Å². The molecule has 0 fully saturated rings. The molecule has 0 atom stereocenters. The number of halogens is 1. The largest absolute Gasteiger partial charge is 0.500 e. The van der Waals surface area contributed by atoms with Crippen LogP contribution in [-0.2, 0) is 20.1 Å². The molecule has 297 valence electrons. The SMILES string of the molecule is CC(C)c1cc(F)cc(C(C)C)c1-n1c(-c2[c-]ccc3c2oc2c3ccc3c2ccc2c4ccccc4oc23)nc2ccccc21.[2H]C([2H])([2H])c1ccc(-c2[c-]cccc2)nc1.[Ir]. The fourth-order valence-corrected chi connectivity index (χ4v) is 8.26. The van der Waals surface area contributed by atoms with E-state index in [1.807, 2.05) is 60.7 Å². The van der Waals surface area contributed by atoms with Crippen LogP contribution in [-0.4, -0.2) is 14.5 Å². The van der Waals surface area contributed by atoms with Crippen molar-refractivity contribution >= 4 is 65.7 Å². The number of para-hydroxylation sites is 3. The van der Waals surface area contributed by atoms with Gasteiger partial charge >= 0.3 is 0 Å². The molecule has 0 spiro atoms. The Morgan fingerprint density at radius 2 is 1.30 bits per heavy atom. The minimum atomic E-state index is -2.09. The van der Waals surface area contributed by atoms with Crippen LogP contribution in [0.25, 0.3) is 94.0 Å². The number of fused-ring (bicyclic) bond motifs is 10. The molecule has 0 saturated heterocycles. The van der Waals surface area contributed by atoms with E-state index in [0.29, 0.717) is 11.4 Å². The number of hydrogen-bond donors (Lipinski definition) is 0. The van der Waals surface area contributed by atoms with Crippen molar-refractivity contribution in [1.82, 2.24) is 14.5 Å². The van der Waals surface area contributed by atoms with Gasteiger partial charge in [0.25, 0.3) is 0 Å². The van der Waals surface area contributed by atoms with Gasteiger partial charge in [-0.2, -0.15) is 0 Å².